The zero-order valence-corrected chi connectivity index (χ0v) is 13.5. The van der Waals surface area contributed by atoms with E-state index in [1.54, 1.807) is 6.07 Å². The summed E-state index contributed by atoms with van der Waals surface area (Å²) in [5.41, 5.74) is 0.708. The Morgan fingerprint density at radius 1 is 1.38 bits per heavy atom. The van der Waals surface area contributed by atoms with E-state index in [0.717, 1.165) is 5.56 Å². The van der Waals surface area contributed by atoms with Crippen LogP contribution >= 0.6 is 23.2 Å². The molecule has 1 atom stereocenters. The second-order valence-electron chi connectivity index (χ2n) is 5.89. The minimum absolute atomic E-state index is 0.0705. The Morgan fingerprint density at radius 3 is 2.67 bits per heavy atom. The largest absolute Gasteiger partial charge is 0.353 e. The van der Waals surface area contributed by atoms with Crippen LogP contribution in [-0.2, 0) is 15.0 Å². The molecule has 1 saturated heterocycles. The second-order valence-corrected chi connectivity index (χ2v) is 6.70. The molecule has 1 aliphatic heterocycles. The van der Waals surface area contributed by atoms with Gasteiger partial charge in [-0.05, 0) is 24.1 Å². The fraction of sp³-hybridized carbons (Fsp3) is 0.467. The van der Waals surface area contributed by atoms with Gasteiger partial charge >= 0.3 is 0 Å². The highest BCUT2D eigenvalue weighted by Gasteiger charge is 2.29. The van der Waals surface area contributed by atoms with Gasteiger partial charge in [0.15, 0.2) is 0 Å². The number of nitrogens with one attached hydrogen (secondary N) is 2. The van der Waals surface area contributed by atoms with Crippen molar-refractivity contribution in [3.63, 3.8) is 0 Å². The van der Waals surface area contributed by atoms with Gasteiger partial charge in [0, 0.05) is 18.4 Å². The summed E-state index contributed by atoms with van der Waals surface area (Å²) in [5.74, 6) is -0.215. The van der Waals surface area contributed by atoms with E-state index in [9.17, 15) is 9.59 Å². The molecule has 0 aromatic heterocycles. The molecular weight excluding hydrogens is 311 g/mol. The molecule has 6 heteroatoms. The highest BCUT2D eigenvalue weighted by molar-refractivity contribution is 6.42. The van der Waals surface area contributed by atoms with Crippen molar-refractivity contribution in [2.24, 2.45) is 0 Å². The van der Waals surface area contributed by atoms with Crippen LogP contribution in [0.25, 0.3) is 0 Å². The van der Waals surface area contributed by atoms with Crippen LogP contribution < -0.4 is 10.6 Å². The number of amides is 2. The number of carbonyl (C=O) groups is 2. The number of hydrogen-bond donors (Lipinski definition) is 2. The second kappa shape index (κ2) is 6.24. The number of hydrogen-bond acceptors (Lipinski definition) is 2. The quantitative estimate of drug-likeness (QED) is 0.892. The average molecular weight is 329 g/mol. The van der Waals surface area contributed by atoms with E-state index in [1.165, 1.54) is 0 Å². The van der Waals surface area contributed by atoms with Crippen LogP contribution in [0.15, 0.2) is 18.2 Å². The predicted molar refractivity (Wildman–Crippen MR) is 83.7 cm³/mol. The molecule has 2 N–H and O–H groups in total. The maximum absolute atomic E-state index is 12.0. The normalized spacial score (nSPS) is 18.5. The smallest absolute Gasteiger partial charge is 0.242 e. The first-order valence-electron chi connectivity index (χ1n) is 6.82. The van der Waals surface area contributed by atoms with Crippen molar-refractivity contribution in [2.45, 2.75) is 38.1 Å². The van der Waals surface area contributed by atoms with E-state index in [0.29, 0.717) is 29.4 Å². The zero-order chi connectivity index (χ0) is 15.6. The molecule has 0 saturated carbocycles. The van der Waals surface area contributed by atoms with Gasteiger partial charge in [0.2, 0.25) is 11.8 Å². The minimum Gasteiger partial charge on any atom is -0.353 e. The van der Waals surface area contributed by atoms with Gasteiger partial charge in [-0.3, -0.25) is 9.59 Å². The molecule has 4 nitrogen and oxygen atoms in total. The molecule has 0 bridgehead atoms. The Hall–Kier alpha value is -1.26. The Bertz CT molecular complexity index is 573. The van der Waals surface area contributed by atoms with Crippen LogP contribution in [0.4, 0.5) is 0 Å². The zero-order valence-electron chi connectivity index (χ0n) is 12.0. The van der Waals surface area contributed by atoms with Crippen LogP contribution in [-0.4, -0.2) is 24.4 Å². The van der Waals surface area contributed by atoms with Gasteiger partial charge in [-0.15, -0.1) is 0 Å². The summed E-state index contributed by atoms with van der Waals surface area (Å²) in [6, 6.07) is 5.05. The van der Waals surface area contributed by atoms with Crippen LogP contribution in [0.2, 0.25) is 10.0 Å². The summed E-state index contributed by atoms with van der Waals surface area (Å²) < 4.78 is 0. The minimum atomic E-state index is -0.415. The van der Waals surface area contributed by atoms with E-state index < -0.39 is 6.04 Å². The Balaban J connectivity index is 1.98. The topological polar surface area (TPSA) is 58.2 Å². The molecule has 1 aromatic rings. The van der Waals surface area contributed by atoms with Crippen molar-refractivity contribution in [3.8, 4) is 0 Å². The molecule has 0 spiro atoms. The summed E-state index contributed by atoms with van der Waals surface area (Å²) >= 11 is 12.0. The molecule has 0 unspecified atom stereocenters. The van der Waals surface area contributed by atoms with Crippen molar-refractivity contribution in [2.75, 3.05) is 6.54 Å². The van der Waals surface area contributed by atoms with Gasteiger partial charge in [0.05, 0.1) is 10.0 Å². The molecule has 114 valence electrons. The molecule has 1 fully saturated rings. The average Bonchev–Trinajstić information content (AvgIpc) is 2.86. The lowest BCUT2D eigenvalue weighted by Gasteiger charge is -2.26. The summed E-state index contributed by atoms with van der Waals surface area (Å²) in [6.07, 6.45) is 0.964. The molecule has 0 aliphatic carbocycles. The lowest BCUT2D eigenvalue weighted by atomic mass is 9.84. The van der Waals surface area contributed by atoms with Crippen molar-refractivity contribution < 1.29 is 9.59 Å². The van der Waals surface area contributed by atoms with Crippen LogP contribution in [0.5, 0.6) is 0 Å². The lowest BCUT2D eigenvalue weighted by Crippen LogP contribution is -2.45. The number of benzene rings is 1. The van der Waals surface area contributed by atoms with Crippen molar-refractivity contribution in [3.05, 3.63) is 33.8 Å². The van der Waals surface area contributed by atoms with Crippen molar-refractivity contribution >= 4 is 35.0 Å². The first-order chi connectivity index (χ1) is 9.79. The van der Waals surface area contributed by atoms with E-state index in [-0.39, 0.29) is 17.2 Å². The number of halogens is 2. The van der Waals surface area contributed by atoms with Crippen molar-refractivity contribution in [1.29, 1.82) is 0 Å². The maximum Gasteiger partial charge on any atom is 0.242 e. The predicted octanol–water partition coefficient (Wildman–Crippen LogP) is 2.67. The van der Waals surface area contributed by atoms with Gasteiger partial charge in [-0.25, -0.2) is 0 Å². The summed E-state index contributed by atoms with van der Waals surface area (Å²) in [4.78, 5) is 23.1. The summed E-state index contributed by atoms with van der Waals surface area (Å²) in [6.45, 7) is 4.48. The Morgan fingerprint density at radius 2 is 2.10 bits per heavy atom. The van der Waals surface area contributed by atoms with Gasteiger partial charge in [-0.2, -0.15) is 0 Å². The highest BCUT2D eigenvalue weighted by Crippen LogP contribution is 2.29. The van der Waals surface area contributed by atoms with Crippen LogP contribution in [0.1, 0.15) is 32.3 Å². The van der Waals surface area contributed by atoms with Crippen LogP contribution in [0, 0.1) is 0 Å². The number of rotatable bonds is 4. The molecular formula is C15H18Cl2N2O2. The third-order valence-electron chi connectivity index (χ3n) is 3.72. The molecule has 21 heavy (non-hydrogen) atoms. The maximum atomic E-state index is 12.0. The lowest BCUT2D eigenvalue weighted by molar-refractivity contribution is -0.125. The Kier molecular flexibility index (Phi) is 4.79. The number of carbonyl (C=O) groups excluding carboxylic acids is 2. The summed E-state index contributed by atoms with van der Waals surface area (Å²) in [5, 5.41) is 6.55. The van der Waals surface area contributed by atoms with E-state index in [1.807, 2.05) is 26.0 Å². The van der Waals surface area contributed by atoms with E-state index in [4.69, 9.17) is 23.2 Å². The third kappa shape index (κ3) is 3.89. The fourth-order valence-corrected chi connectivity index (χ4v) is 2.56. The fourth-order valence-electron chi connectivity index (χ4n) is 2.26. The summed E-state index contributed by atoms with van der Waals surface area (Å²) in [7, 11) is 0. The highest BCUT2D eigenvalue weighted by atomic mass is 35.5. The first-order valence-corrected chi connectivity index (χ1v) is 7.58. The SMILES string of the molecule is CC(C)(CNC(=O)[C@H]1CCC(=O)N1)c1ccc(Cl)c(Cl)c1. The molecule has 1 aromatic carbocycles. The first kappa shape index (κ1) is 16.1. The van der Waals surface area contributed by atoms with E-state index in [2.05, 4.69) is 10.6 Å². The molecule has 1 aliphatic rings. The molecule has 2 rings (SSSR count). The molecule has 1 heterocycles. The van der Waals surface area contributed by atoms with Gasteiger partial charge in [0.1, 0.15) is 6.04 Å². The molecule has 0 radical (unpaired) electrons. The van der Waals surface area contributed by atoms with Gasteiger partial charge < -0.3 is 10.6 Å². The van der Waals surface area contributed by atoms with Gasteiger partial charge in [0.25, 0.3) is 0 Å². The van der Waals surface area contributed by atoms with E-state index >= 15 is 0 Å². The monoisotopic (exact) mass is 328 g/mol. The van der Waals surface area contributed by atoms with Crippen molar-refractivity contribution in [1.82, 2.24) is 10.6 Å². The Labute approximate surface area is 134 Å². The third-order valence-corrected chi connectivity index (χ3v) is 4.46. The van der Waals surface area contributed by atoms with Crippen LogP contribution in [0.3, 0.4) is 0 Å². The van der Waals surface area contributed by atoms with Gasteiger partial charge in [-0.1, -0.05) is 43.1 Å². The molecule has 2 amide bonds. The standard InChI is InChI=1S/C15H18Cl2N2O2/c1-15(2,9-3-4-10(16)11(17)7-9)8-18-14(21)12-5-6-13(20)19-12/h3-4,7,12H,5-6,8H2,1-2H3,(H,18,21)(H,19,20)/t12-/m1/s1.